The Bertz CT molecular complexity index is 990. The van der Waals surface area contributed by atoms with Crippen LogP contribution in [0.2, 0.25) is 0 Å². The van der Waals surface area contributed by atoms with Crippen LogP contribution in [-0.4, -0.2) is 8.42 Å². The summed E-state index contributed by atoms with van der Waals surface area (Å²) in [4.78, 5) is 5.63. The first-order valence-corrected chi connectivity index (χ1v) is 10.7. The Morgan fingerprint density at radius 3 is 2.07 bits per heavy atom. The average molecular weight is 417 g/mol. The first-order valence-electron chi connectivity index (χ1n) is 8.59. The minimum Gasteiger partial charge on any atom is -0.305 e. The summed E-state index contributed by atoms with van der Waals surface area (Å²) in [5.41, 5.74) is 2.75. The second kappa shape index (κ2) is 9.86. The highest BCUT2D eigenvalue weighted by Gasteiger charge is 2.18. The third-order valence-corrected chi connectivity index (χ3v) is 5.83. The predicted molar refractivity (Wildman–Crippen MR) is 108 cm³/mol. The van der Waals surface area contributed by atoms with Gasteiger partial charge in [-0.05, 0) is 35.7 Å². The largest absolute Gasteiger partial charge is 0.323 e. The van der Waals surface area contributed by atoms with Crippen molar-refractivity contribution in [3.8, 4) is 0 Å². The van der Waals surface area contributed by atoms with Crippen molar-refractivity contribution in [3.05, 3.63) is 95.6 Å². The van der Waals surface area contributed by atoms with Gasteiger partial charge in [0.05, 0.1) is 11.5 Å². The van der Waals surface area contributed by atoms with E-state index in [4.69, 9.17) is 13.4 Å². The molecule has 0 radical (unpaired) electrons. The molecular formula is C21H20O5S2. The first-order chi connectivity index (χ1) is 13.5. The van der Waals surface area contributed by atoms with Crippen LogP contribution in [0, 0.1) is 6.92 Å². The molecule has 0 atom stereocenters. The van der Waals surface area contributed by atoms with Crippen molar-refractivity contribution in [2.75, 3.05) is 0 Å². The molecule has 0 amide bonds. The van der Waals surface area contributed by atoms with E-state index in [2.05, 4.69) is 0 Å². The fourth-order valence-corrected chi connectivity index (χ4v) is 3.85. The van der Waals surface area contributed by atoms with Crippen molar-refractivity contribution in [1.29, 1.82) is 0 Å². The van der Waals surface area contributed by atoms with Crippen molar-refractivity contribution in [3.63, 3.8) is 0 Å². The summed E-state index contributed by atoms with van der Waals surface area (Å²) < 4.78 is 35.1. The topological polar surface area (TPSA) is 61.8 Å². The summed E-state index contributed by atoms with van der Waals surface area (Å²) in [5, 5.41) is 0. The van der Waals surface area contributed by atoms with Crippen molar-refractivity contribution >= 4 is 22.2 Å². The molecule has 7 heteroatoms. The van der Waals surface area contributed by atoms with Crippen LogP contribution < -0.4 is 0 Å². The van der Waals surface area contributed by atoms with Crippen molar-refractivity contribution in [1.82, 2.24) is 0 Å². The zero-order chi connectivity index (χ0) is 19.8. The number of rotatable bonds is 9. The molecule has 0 aliphatic heterocycles. The van der Waals surface area contributed by atoms with Crippen LogP contribution in [0.15, 0.2) is 88.7 Å². The lowest BCUT2D eigenvalue weighted by Gasteiger charge is -2.09. The van der Waals surface area contributed by atoms with Gasteiger partial charge in [-0.25, -0.2) is 4.89 Å². The average Bonchev–Trinajstić information content (AvgIpc) is 2.71. The molecule has 0 aromatic heterocycles. The molecular weight excluding hydrogens is 396 g/mol. The molecule has 0 heterocycles. The van der Waals surface area contributed by atoms with Crippen LogP contribution in [-0.2, 0) is 36.7 Å². The maximum atomic E-state index is 12.4. The van der Waals surface area contributed by atoms with Crippen molar-refractivity contribution < 1.29 is 21.8 Å². The molecule has 3 aromatic rings. The Labute approximate surface area is 169 Å². The highest BCUT2D eigenvalue weighted by molar-refractivity contribution is 7.94. The van der Waals surface area contributed by atoms with Gasteiger partial charge in [0.15, 0.2) is 0 Å². The molecule has 0 N–H and O–H groups in total. The van der Waals surface area contributed by atoms with Gasteiger partial charge in [-0.3, -0.25) is 0 Å². The lowest BCUT2D eigenvalue weighted by Crippen LogP contribution is -2.08. The van der Waals surface area contributed by atoms with E-state index in [0.29, 0.717) is 11.5 Å². The summed E-state index contributed by atoms with van der Waals surface area (Å²) >= 11 is 1.13. The van der Waals surface area contributed by atoms with E-state index < -0.39 is 10.1 Å². The first kappa shape index (κ1) is 20.6. The van der Waals surface area contributed by atoms with Gasteiger partial charge in [0, 0.05) is 16.9 Å². The van der Waals surface area contributed by atoms with E-state index in [1.54, 1.807) is 6.07 Å². The van der Waals surface area contributed by atoms with E-state index >= 15 is 0 Å². The molecule has 0 bridgehead atoms. The summed E-state index contributed by atoms with van der Waals surface area (Å²) in [6.07, 6.45) is 0. The van der Waals surface area contributed by atoms with E-state index in [1.807, 2.05) is 67.6 Å². The third kappa shape index (κ3) is 5.92. The molecule has 3 aromatic carbocycles. The zero-order valence-electron chi connectivity index (χ0n) is 15.3. The Morgan fingerprint density at radius 2 is 1.43 bits per heavy atom. The monoisotopic (exact) mass is 416 g/mol. The zero-order valence-corrected chi connectivity index (χ0v) is 16.9. The third-order valence-electron chi connectivity index (χ3n) is 3.87. The number of hydrogen-bond acceptors (Lipinski definition) is 6. The Hall–Kier alpha value is -2.16. The lowest BCUT2D eigenvalue weighted by molar-refractivity contribution is -0.212. The number of hydrogen-bond donors (Lipinski definition) is 0. The molecule has 0 saturated carbocycles. The smallest absolute Gasteiger partial charge is 0.305 e. The van der Waals surface area contributed by atoms with Crippen LogP contribution in [0.25, 0.3) is 0 Å². The molecule has 0 spiro atoms. The lowest BCUT2D eigenvalue weighted by atomic mass is 10.2. The summed E-state index contributed by atoms with van der Waals surface area (Å²) in [7, 11) is -4.04. The Kier molecular flexibility index (Phi) is 7.24. The highest BCUT2D eigenvalue weighted by Crippen LogP contribution is 2.28. The van der Waals surface area contributed by atoms with E-state index in [-0.39, 0.29) is 11.5 Å². The van der Waals surface area contributed by atoms with Gasteiger partial charge in [-0.15, -0.1) is 4.33 Å². The SMILES string of the molecule is Cc1ccc(S(=O)(=O)OOCc2ccccc2)cc1SOCc1ccccc1. The van der Waals surface area contributed by atoms with Gasteiger partial charge in [0.2, 0.25) is 0 Å². The van der Waals surface area contributed by atoms with Crippen LogP contribution in [0.4, 0.5) is 0 Å². The molecule has 0 saturated heterocycles. The Balaban J connectivity index is 1.60. The molecule has 28 heavy (non-hydrogen) atoms. The van der Waals surface area contributed by atoms with Gasteiger partial charge in [-0.1, -0.05) is 66.7 Å². The molecule has 146 valence electrons. The molecule has 0 unspecified atom stereocenters. The van der Waals surface area contributed by atoms with E-state index in [1.165, 1.54) is 12.1 Å². The quantitative estimate of drug-likeness (QED) is 0.276. The van der Waals surface area contributed by atoms with Crippen LogP contribution >= 0.6 is 12.0 Å². The predicted octanol–water partition coefficient (Wildman–Crippen LogP) is 5.06. The Morgan fingerprint density at radius 1 is 0.821 bits per heavy atom. The van der Waals surface area contributed by atoms with E-state index in [9.17, 15) is 8.42 Å². The summed E-state index contributed by atoms with van der Waals surface area (Å²) in [6, 6.07) is 23.6. The summed E-state index contributed by atoms with van der Waals surface area (Å²) in [6.45, 7) is 2.34. The van der Waals surface area contributed by atoms with Crippen molar-refractivity contribution in [2.24, 2.45) is 0 Å². The second-order valence-electron chi connectivity index (χ2n) is 6.03. The van der Waals surface area contributed by atoms with Crippen LogP contribution in [0.5, 0.6) is 0 Å². The van der Waals surface area contributed by atoms with Gasteiger partial charge in [0.1, 0.15) is 6.61 Å². The molecule has 0 aliphatic rings. The maximum Gasteiger partial charge on any atom is 0.323 e. The molecule has 3 rings (SSSR count). The second-order valence-corrected chi connectivity index (χ2v) is 8.39. The standard InChI is InChI=1S/C21H20O5S2/c1-17-12-13-20(14-21(17)27-25-16-19-10-6-3-7-11-19)28(22,23)26-24-15-18-8-4-2-5-9-18/h2-14H,15-16H2,1H3. The number of aryl methyl sites for hydroxylation is 1. The van der Waals surface area contributed by atoms with Gasteiger partial charge in [0.25, 0.3) is 0 Å². The minimum atomic E-state index is -4.04. The maximum absolute atomic E-state index is 12.4. The minimum absolute atomic E-state index is 0.0111. The fraction of sp³-hybridized carbons (Fsp3) is 0.143. The normalized spacial score (nSPS) is 11.5. The molecule has 0 aliphatic carbocycles. The summed E-state index contributed by atoms with van der Waals surface area (Å²) in [5.74, 6) is 0. The van der Waals surface area contributed by atoms with E-state index in [0.717, 1.165) is 28.7 Å². The van der Waals surface area contributed by atoms with Crippen molar-refractivity contribution in [2.45, 2.75) is 29.9 Å². The van der Waals surface area contributed by atoms with Gasteiger partial charge >= 0.3 is 10.1 Å². The molecule has 5 nitrogen and oxygen atoms in total. The molecule has 0 fully saturated rings. The number of benzene rings is 3. The fourth-order valence-electron chi connectivity index (χ4n) is 2.33. The van der Waals surface area contributed by atoms with Crippen LogP contribution in [0.1, 0.15) is 16.7 Å². The highest BCUT2D eigenvalue weighted by atomic mass is 32.2. The van der Waals surface area contributed by atoms with Crippen LogP contribution in [0.3, 0.4) is 0 Å². The van der Waals surface area contributed by atoms with Gasteiger partial charge < -0.3 is 4.18 Å². The van der Waals surface area contributed by atoms with Gasteiger partial charge in [-0.2, -0.15) is 8.42 Å².